The van der Waals surface area contributed by atoms with E-state index in [-0.39, 0.29) is 5.75 Å². The summed E-state index contributed by atoms with van der Waals surface area (Å²) in [7, 11) is 1.50. The van der Waals surface area contributed by atoms with Crippen LogP contribution >= 0.6 is 43.2 Å². The Kier molecular flexibility index (Phi) is 5.28. The van der Waals surface area contributed by atoms with E-state index in [2.05, 4.69) is 42.9 Å². The largest absolute Gasteiger partial charge is 0.503 e. The van der Waals surface area contributed by atoms with Crippen molar-refractivity contribution < 1.29 is 9.84 Å². The molecular formula is C17H14Br2N2O2S. The van der Waals surface area contributed by atoms with Gasteiger partial charge in [-0.25, -0.2) is 4.99 Å². The van der Waals surface area contributed by atoms with E-state index in [1.165, 1.54) is 24.0 Å². The first kappa shape index (κ1) is 17.5. The van der Waals surface area contributed by atoms with Crippen molar-refractivity contribution in [3.63, 3.8) is 0 Å². The summed E-state index contributed by atoms with van der Waals surface area (Å²) in [6, 6.07) is 4.01. The lowest BCUT2D eigenvalue weighted by Gasteiger charge is -2.09. The SMILES string of the molecule is COc1cc(/C=N/c2sc3c(c2C#N)CCCC3)c(Br)c(Br)c1O. The molecule has 0 radical (unpaired) electrons. The number of benzene rings is 1. The van der Waals surface area contributed by atoms with Gasteiger partial charge in [-0.3, -0.25) is 0 Å². The molecule has 0 bridgehead atoms. The second-order valence-electron chi connectivity index (χ2n) is 5.41. The number of hydrogen-bond acceptors (Lipinski definition) is 5. The summed E-state index contributed by atoms with van der Waals surface area (Å²) in [5.41, 5.74) is 2.63. The third-order valence-corrected chi connectivity index (χ3v) is 7.34. The van der Waals surface area contributed by atoms with Gasteiger partial charge in [0, 0.05) is 21.1 Å². The van der Waals surface area contributed by atoms with E-state index in [0.29, 0.717) is 20.3 Å². The Morgan fingerprint density at radius 1 is 1.33 bits per heavy atom. The quantitative estimate of drug-likeness (QED) is 0.604. The third kappa shape index (κ3) is 3.10. The van der Waals surface area contributed by atoms with E-state index in [1.54, 1.807) is 23.6 Å². The predicted molar refractivity (Wildman–Crippen MR) is 103 cm³/mol. The number of aryl methyl sites for hydroxylation is 1. The zero-order valence-electron chi connectivity index (χ0n) is 12.9. The van der Waals surface area contributed by atoms with Crippen LogP contribution in [-0.2, 0) is 12.8 Å². The molecular weight excluding hydrogens is 456 g/mol. The number of halogens is 2. The summed E-state index contributed by atoms with van der Waals surface area (Å²) in [4.78, 5) is 5.83. The Labute approximate surface area is 161 Å². The maximum absolute atomic E-state index is 9.99. The van der Waals surface area contributed by atoms with Gasteiger partial charge in [0.05, 0.1) is 17.1 Å². The lowest BCUT2D eigenvalue weighted by molar-refractivity contribution is 0.371. The molecule has 24 heavy (non-hydrogen) atoms. The Bertz CT molecular complexity index is 869. The molecule has 7 heteroatoms. The number of fused-ring (bicyclic) bond motifs is 1. The first-order valence-corrected chi connectivity index (χ1v) is 9.80. The van der Waals surface area contributed by atoms with Crippen molar-refractivity contribution in [3.8, 4) is 17.6 Å². The number of aromatic hydroxyl groups is 1. The minimum atomic E-state index is 0.0332. The highest BCUT2D eigenvalue weighted by Gasteiger charge is 2.20. The van der Waals surface area contributed by atoms with Gasteiger partial charge in [-0.05, 0) is 69.2 Å². The summed E-state index contributed by atoms with van der Waals surface area (Å²) in [6.07, 6.45) is 6.00. The lowest BCUT2D eigenvalue weighted by atomic mass is 9.96. The normalized spacial score (nSPS) is 13.8. The molecule has 1 aromatic heterocycles. The van der Waals surface area contributed by atoms with Gasteiger partial charge in [-0.1, -0.05) is 0 Å². The fourth-order valence-electron chi connectivity index (χ4n) is 2.75. The number of thiophene rings is 1. The number of nitrogens with zero attached hydrogens (tertiary/aromatic N) is 2. The molecule has 124 valence electrons. The van der Waals surface area contributed by atoms with Gasteiger partial charge in [0.2, 0.25) is 0 Å². The monoisotopic (exact) mass is 468 g/mol. The van der Waals surface area contributed by atoms with Gasteiger partial charge in [-0.2, -0.15) is 5.26 Å². The van der Waals surface area contributed by atoms with Gasteiger partial charge >= 0.3 is 0 Å². The summed E-state index contributed by atoms with van der Waals surface area (Å²) in [5.74, 6) is 0.392. The van der Waals surface area contributed by atoms with Crippen LogP contribution in [0.4, 0.5) is 5.00 Å². The molecule has 0 spiro atoms. The molecule has 1 N–H and O–H groups in total. The van der Waals surface area contributed by atoms with Crippen molar-refractivity contribution in [3.05, 3.63) is 36.6 Å². The molecule has 1 heterocycles. The number of phenols is 1. The molecule has 0 saturated heterocycles. The minimum Gasteiger partial charge on any atom is -0.503 e. The van der Waals surface area contributed by atoms with E-state index >= 15 is 0 Å². The number of nitriles is 1. The fourth-order valence-corrected chi connectivity index (χ4v) is 4.76. The molecule has 0 saturated carbocycles. The first-order valence-electron chi connectivity index (χ1n) is 7.40. The molecule has 4 nitrogen and oxygen atoms in total. The maximum Gasteiger partial charge on any atom is 0.173 e. The molecule has 0 unspecified atom stereocenters. The number of aliphatic imine (C=N–C) groups is 1. The van der Waals surface area contributed by atoms with Gasteiger partial charge < -0.3 is 9.84 Å². The van der Waals surface area contributed by atoms with Crippen LogP contribution < -0.4 is 4.74 Å². The molecule has 0 aliphatic heterocycles. The highest BCUT2D eigenvalue weighted by molar-refractivity contribution is 9.13. The Morgan fingerprint density at radius 2 is 2.08 bits per heavy atom. The van der Waals surface area contributed by atoms with Crippen molar-refractivity contribution in [2.45, 2.75) is 25.7 Å². The standard InChI is InChI=1S/C17H14Br2N2O2S/c1-23-12-6-9(14(18)15(19)16(12)22)8-21-17-11(7-20)10-4-2-3-5-13(10)24-17/h6,8,22H,2-5H2,1H3/b21-8+. The minimum absolute atomic E-state index is 0.0332. The molecule has 0 amide bonds. The van der Waals surface area contributed by atoms with Crippen molar-refractivity contribution in [1.82, 2.24) is 0 Å². The highest BCUT2D eigenvalue weighted by atomic mass is 79.9. The Morgan fingerprint density at radius 3 is 2.79 bits per heavy atom. The molecule has 3 rings (SSSR count). The molecule has 0 fully saturated rings. The van der Waals surface area contributed by atoms with Gasteiger partial charge in [0.25, 0.3) is 0 Å². The van der Waals surface area contributed by atoms with Crippen molar-refractivity contribution in [2.24, 2.45) is 4.99 Å². The van der Waals surface area contributed by atoms with Crippen LogP contribution in [0.15, 0.2) is 20.0 Å². The summed E-state index contributed by atoms with van der Waals surface area (Å²) in [5, 5.41) is 20.2. The Hall–Kier alpha value is -1.36. The Balaban J connectivity index is 2.02. The summed E-state index contributed by atoms with van der Waals surface area (Å²) in [6.45, 7) is 0. The lowest BCUT2D eigenvalue weighted by Crippen LogP contribution is -1.99. The average molecular weight is 470 g/mol. The van der Waals surface area contributed by atoms with E-state index < -0.39 is 0 Å². The second-order valence-corrected chi connectivity index (χ2v) is 8.08. The van der Waals surface area contributed by atoms with Crippen LogP contribution in [0.2, 0.25) is 0 Å². The fraction of sp³-hybridized carbons (Fsp3) is 0.294. The molecule has 1 aliphatic carbocycles. The predicted octanol–water partition coefficient (Wildman–Crippen LogP) is 5.49. The average Bonchev–Trinajstić information content (AvgIpc) is 2.96. The molecule has 1 aliphatic rings. The van der Waals surface area contributed by atoms with Gasteiger partial charge in [0.15, 0.2) is 11.5 Å². The third-order valence-electron chi connectivity index (χ3n) is 3.98. The zero-order chi connectivity index (χ0) is 17.3. The summed E-state index contributed by atoms with van der Waals surface area (Å²) >= 11 is 8.38. The van der Waals surface area contributed by atoms with Crippen molar-refractivity contribution in [1.29, 1.82) is 5.26 Å². The van der Waals surface area contributed by atoms with E-state index in [4.69, 9.17) is 4.74 Å². The molecule has 1 aromatic carbocycles. The van der Waals surface area contributed by atoms with Crippen LogP contribution in [0.25, 0.3) is 0 Å². The number of rotatable bonds is 3. The molecule has 2 aromatic rings. The van der Waals surface area contributed by atoms with Crippen LogP contribution in [0, 0.1) is 11.3 Å². The van der Waals surface area contributed by atoms with Gasteiger partial charge in [0.1, 0.15) is 11.1 Å². The number of ether oxygens (including phenoxy) is 1. The van der Waals surface area contributed by atoms with E-state index in [9.17, 15) is 10.4 Å². The van der Waals surface area contributed by atoms with Crippen molar-refractivity contribution >= 4 is 54.4 Å². The van der Waals surface area contributed by atoms with E-state index in [0.717, 1.165) is 29.8 Å². The van der Waals surface area contributed by atoms with Crippen LogP contribution in [-0.4, -0.2) is 18.4 Å². The number of methoxy groups -OCH3 is 1. The maximum atomic E-state index is 9.99. The van der Waals surface area contributed by atoms with Crippen LogP contribution in [0.1, 0.15) is 34.4 Å². The van der Waals surface area contributed by atoms with Gasteiger partial charge in [-0.15, -0.1) is 11.3 Å². The smallest absolute Gasteiger partial charge is 0.173 e. The first-order chi connectivity index (χ1) is 11.6. The number of hydrogen-bond donors (Lipinski definition) is 1. The summed E-state index contributed by atoms with van der Waals surface area (Å²) < 4.78 is 6.37. The van der Waals surface area contributed by atoms with Crippen LogP contribution in [0.3, 0.4) is 0 Å². The highest BCUT2D eigenvalue weighted by Crippen LogP contribution is 2.42. The molecule has 0 atom stereocenters. The van der Waals surface area contributed by atoms with Crippen molar-refractivity contribution in [2.75, 3.05) is 7.11 Å². The number of phenolic OH excluding ortho intramolecular Hbond substituents is 1. The zero-order valence-corrected chi connectivity index (χ0v) is 16.9. The second kappa shape index (κ2) is 7.26. The van der Waals surface area contributed by atoms with Crippen LogP contribution in [0.5, 0.6) is 11.5 Å². The topological polar surface area (TPSA) is 65.6 Å². The van der Waals surface area contributed by atoms with E-state index in [1.807, 2.05) is 0 Å².